The number of carbonyl (C=O) groups excluding carboxylic acids is 1. The first-order valence-corrected chi connectivity index (χ1v) is 7.15. The number of rotatable bonds is 2. The van der Waals surface area contributed by atoms with E-state index in [0.29, 0.717) is 5.56 Å². The van der Waals surface area contributed by atoms with Crippen LogP contribution in [-0.2, 0) is 5.54 Å². The first-order chi connectivity index (χ1) is 10.0. The smallest absolute Gasteiger partial charge is 0.256 e. The van der Waals surface area contributed by atoms with Gasteiger partial charge < -0.3 is 10.6 Å². The number of nitrogens with zero attached hydrogens (tertiary/aromatic N) is 2. The van der Waals surface area contributed by atoms with Crippen LogP contribution in [0.3, 0.4) is 0 Å². The molecule has 5 nitrogen and oxygen atoms in total. The molecule has 1 aromatic carbocycles. The zero-order valence-corrected chi connectivity index (χ0v) is 12.6. The Balaban J connectivity index is 2.03. The van der Waals surface area contributed by atoms with Gasteiger partial charge in [-0.15, -0.1) is 0 Å². The Hall–Kier alpha value is -2.30. The van der Waals surface area contributed by atoms with Gasteiger partial charge in [0.15, 0.2) is 0 Å². The molecule has 0 bridgehead atoms. The molecule has 21 heavy (non-hydrogen) atoms. The fraction of sp³-hybridized carbons (Fsp3) is 0.375. The molecule has 0 fully saturated rings. The fourth-order valence-corrected chi connectivity index (χ4v) is 2.94. The van der Waals surface area contributed by atoms with Crippen LogP contribution in [-0.4, -0.2) is 22.7 Å². The molecule has 110 valence electrons. The Morgan fingerprint density at radius 2 is 2.10 bits per heavy atom. The summed E-state index contributed by atoms with van der Waals surface area (Å²) in [6, 6.07) is 10.5. The first kappa shape index (κ1) is 13.7. The summed E-state index contributed by atoms with van der Waals surface area (Å²) < 4.78 is 1.91. The van der Waals surface area contributed by atoms with E-state index in [9.17, 15) is 4.79 Å². The molecule has 2 aromatic rings. The summed E-state index contributed by atoms with van der Waals surface area (Å²) in [5.74, 6) is 0.674. The van der Waals surface area contributed by atoms with E-state index in [1.807, 2.05) is 22.9 Å². The van der Waals surface area contributed by atoms with Crippen molar-refractivity contribution < 1.29 is 4.79 Å². The summed E-state index contributed by atoms with van der Waals surface area (Å²) in [4.78, 5) is 12.0. The second kappa shape index (κ2) is 4.91. The van der Waals surface area contributed by atoms with Crippen molar-refractivity contribution in [2.75, 3.05) is 12.4 Å². The van der Waals surface area contributed by atoms with Crippen LogP contribution in [0.15, 0.2) is 36.5 Å². The average molecular weight is 284 g/mol. The molecule has 2 N–H and O–H groups in total. The molecule has 1 atom stereocenters. The molecule has 1 unspecified atom stereocenters. The number of carbonyl (C=O) groups is 1. The van der Waals surface area contributed by atoms with E-state index in [-0.39, 0.29) is 17.5 Å². The lowest BCUT2D eigenvalue weighted by atomic mass is 9.89. The van der Waals surface area contributed by atoms with Crippen LogP contribution >= 0.6 is 0 Å². The fourth-order valence-electron chi connectivity index (χ4n) is 2.94. The summed E-state index contributed by atoms with van der Waals surface area (Å²) in [7, 11) is 1.63. The van der Waals surface area contributed by atoms with Crippen LogP contribution in [0.5, 0.6) is 0 Å². The number of fused-ring (bicyclic) bond motifs is 1. The zero-order valence-electron chi connectivity index (χ0n) is 12.6. The highest BCUT2D eigenvalue weighted by molar-refractivity contribution is 5.98. The van der Waals surface area contributed by atoms with E-state index in [2.05, 4.69) is 41.7 Å². The van der Waals surface area contributed by atoms with Gasteiger partial charge in [0, 0.05) is 7.05 Å². The van der Waals surface area contributed by atoms with Crippen molar-refractivity contribution in [3.05, 3.63) is 47.7 Å². The molecule has 0 saturated heterocycles. The Morgan fingerprint density at radius 3 is 2.76 bits per heavy atom. The summed E-state index contributed by atoms with van der Waals surface area (Å²) in [5, 5.41) is 10.5. The highest BCUT2D eigenvalue weighted by Gasteiger charge is 2.36. The molecule has 1 aliphatic rings. The minimum absolute atomic E-state index is 0.117. The summed E-state index contributed by atoms with van der Waals surface area (Å²) in [6.07, 6.45) is 2.55. The SMILES string of the molecule is CNC(=O)c1cnn2c1NC(c1ccccc1)CC2(C)C. The van der Waals surface area contributed by atoms with Gasteiger partial charge in [-0.2, -0.15) is 5.10 Å². The molecule has 1 aromatic heterocycles. The minimum atomic E-state index is -0.145. The number of hydrogen-bond acceptors (Lipinski definition) is 3. The molecule has 0 spiro atoms. The lowest BCUT2D eigenvalue weighted by Gasteiger charge is -2.38. The quantitative estimate of drug-likeness (QED) is 0.891. The van der Waals surface area contributed by atoms with Gasteiger partial charge in [-0.25, -0.2) is 4.68 Å². The van der Waals surface area contributed by atoms with Crippen LogP contribution < -0.4 is 10.6 Å². The molecule has 3 rings (SSSR count). The largest absolute Gasteiger partial charge is 0.363 e. The summed E-state index contributed by atoms with van der Waals surface area (Å²) in [5.41, 5.74) is 1.67. The first-order valence-electron chi connectivity index (χ1n) is 7.15. The lowest BCUT2D eigenvalue weighted by molar-refractivity contribution is 0.0963. The second-order valence-electron chi connectivity index (χ2n) is 6.02. The van der Waals surface area contributed by atoms with Gasteiger partial charge in [-0.1, -0.05) is 30.3 Å². The van der Waals surface area contributed by atoms with Crippen LogP contribution in [0.1, 0.15) is 42.2 Å². The van der Waals surface area contributed by atoms with Crippen LogP contribution in [0, 0.1) is 0 Å². The second-order valence-corrected chi connectivity index (χ2v) is 6.02. The van der Waals surface area contributed by atoms with Crippen LogP contribution in [0.2, 0.25) is 0 Å². The van der Waals surface area contributed by atoms with Gasteiger partial charge in [0.1, 0.15) is 11.4 Å². The maximum Gasteiger partial charge on any atom is 0.256 e. The number of nitrogens with one attached hydrogen (secondary N) is 2. The number of benzene rings is 1. The monoisotopic (exact) mass is 284 g/mol. The van der Waals surface area contributed by atoms with Crippen molar-refractivity contribution in [3.63, 3.8) is 0 Å². The molecule has 0 saturated carbocycles. The predicted molar refractivity (Wildman–Crippen MR) is 82.4 cm³/mol. The van der Waals surface area contributed by atoms with Crippen molar-refractivity contribution in [2.24, 2.45) is 0 Å². The topological polar surface area (TPSA) is 59.0 Å². The van der Waals surface area contributed by atoms with Gasteiger partial charge in [0.05, 0.1) is 17.8 Å². The van der Waals surface area contributed by atoms with E-state index in [0.717, 1.165) is 12.2 Å². The zero-order chi connectivity index (χ0) is 15.0. The normalized spacial score (nSPS) is 19.5. The standard InChI is InChI=1S/C16H20N4O/c1-16(2)9-13(11-7-5-4-6-8-11)19-14-12(15(21)17-3)10-18-20(14)16/h4-8,10,13,19H,9H2,1-3H3,(H,17,21). The number of hydrogen-bond donors (Lipinski definition) is 2. The highest BCUT2D eigenvalue weighted by atomic mass is 16.1. The highest BCUT2D eigenvalue weighted by Crippen LogP contribution is 2.39. The van der Waals surface area contributed by atoms with E-state index < -0.39 is 0 Å². The number of aromatic nitrogens is 2. The average Bonchev–Trinajstić information content (AvgIpc) is 2.91. The summed E-state index contributed by atoms with van der Waals surface area (Å²) >= 11 is 0. The predicted octanol–water partition coefficient (Wildman–Crippen LogP) is 2.53. The van der Waals surface area contributed by atoms with Gasteiger partial charge in [-0.05, 0) is 25.8 Å². The third-order valence-electron chi connectivity index (χ3n) is 4.03. The van der Waals surface area contributed by atoms with Crippen LogP contribution in [0.25, 0.3) is 0 Å². The van der Waals surface area contributed by atoms with Crippen molar-refractivity contribution >= 4 is 11.7 Å². The van der Waals surface area contributed by atoms with E-state index in [1.165, 1.54) is 5.56 Å². The van der Waals surface area contributed by atoms with Crippen molar-refractivity contribution in [3.8, 4) is 0 Å². The van der Waals surface area contributed by atoms with Gasteiger partial charge in [0.25, 0.3) is 5.91 Å². The number of anilines is 1. The third-order valence-corrected chi connectivity index (χ3v) is 4.03. The van der Waals surface area contributed by atoms with Crippen molar-refractivity contribution in [2.45, 2.75) is 31.8 Å². The molecular formula is C16H20N4O. The van der Waals surface area contributed by atoms with Crippen LogP contribution in [0.4, 0.5) is 5.82 Å². The van der Waals surface area contributed by atoms with Gasteiger partial charge in [-0.3, -0.25) is 4.79 Å². The van der Waals surface area contributed by atoms with Crippen molar-refractivity contribution in [1.82, 2.24) is 15.1 Å². The summed E-state index contributed by atoms with van der Waals surface area (Å²) in [6.45, 7) is 4.29. The Bertz CT molecular complexity index is 660. The molecule has 0 aliphatic carbocycles. The van der Waals surface area contributed by atoms with Crippen molar-refractivity contribution in [1.29, 1.82) is 0 Å². The maximum atomic E-state index is 12.0. The molecule has 1 amide bonds. The molecule has 0 radical (unpaired) electrons. The molecular weight excluding hydrogens is 264 g/mol. The lowest BCUT2D eigenvalue weighted by Crippen LogP contribution is -2.38. The van der Waals surface area contributed by atoms with E-state index >= 15 is 0 Å². The Morgan fingerprint density at radius 1 is 1.38 bits per heavy atom. The third kappa shape index (κ3) is 2.28. The van der Waals surface area contributed by atoms with Gasteiger partial charge >= 0.3 is 0 Å². The van der Waals surface area contributed by atoms with E-state index in [1.54, 1.807) is 13.2 Å². The molecule has 1 aliphatic heterocycles. The Labute approximate surface area is 124 Å². The van der Waals surface area contributed by atoms with Gasteiger partial charge in [0.2, 0.25) is 0 Å². The van der Waals surface area contributed by atoms with E-state index in [4.69, 9.17) is 0 Å². The Kier molecular flexibility index (Phi) is 3.20. The maximum absolute atomic E-state index is 12.0. The number of amides is 1. The molecule has 5 heteroatoms. The minimum Gasteiger partial charge on any atom is -0.363 e. The molecule has 2 heterocycles.